The van der Waals surface area contributed by atoms with Gasteiger partial charge in [-0.05, 0) is 73.5 Å². The van der Waals surface area contributed by atoms with Crippen molar-refractivity contribution in [3.05, 3.63) is 100 Å². The molecular formula is C36H37BrClN3O5. The van der Waals surface area contributed by atoms with Crippen LogP contribution in [0.5, 0.6) is 5.75 Å². The normalized spacial score (nSPS) is 16.6. The predicted molar refractivity (Wildman–Crippen MR) is 187 cm³/mol. The number of Topliss-reactive ketones (excluding diaryl/α,β-unsaturated/α-hetero) is 1. The molecule has 1 aliphatic heterocycles. The van der Waals surface area contributed by atoms with Crippen molar-refractivity contribution in [1.82, 2.24) is 5.32 Å². The molecule has 1 aliphatic rings. The molecule has 0 saturated carbocycles. The zero-order chi connectivity index (χ0) is 32.4. The number of nitrogens with one attached hydrogen (secondary N) is 1. The lowest BCUT2D eigenvalue weighted by Crippen LogP contribution is -2.58. The number of fused-ring (bicyclic) bond motifs is 2. The van der Waals surface area contributed by atoms with Crippen LogP contribution in [0, 0.1) is 5.92 Å². The van der Waals surface area contributed by atoms with E-state index in [4.69, 9.17) is 4.74 Å². The van der Waals surface area contributed by atoms with Crippen LogP contribution in [0.1, 0.15) is 60.4 Å². The Kier molecular flexibility index (Phi) is 10.9. The van der Waals surface area contributed by atoms with E-state index >= 15 is 0 Å². The number of ether oxygens (including phenoxy) is 1. The van der Waals surface area contributed by atoms with Crippen LogP contribution in [0.3, 0.4) is 0 Å². The number of nitrogens with zero attached hydrogens (tertiary/aromatic N) is 2. The first-order valence-electron chi connectivity index (χ1n) is 15.0. The van der Waals surface area contributed by atoms with E-state index in [9.17, 15) is 19.2 Å². The minimum absolute atomic E-state index is 0. The van der Waals surface area contributed by atoms with Crippen molar-refractivity contribution in [2.75, 3.05) is 16.9 Å². The molecule has 240 valence electrons. The van der Waals surface area contributed by atoms with Gasteiger partial charge >= 0.3 is 0 Å². The van der Waals surface area contributed by atoms with Gasteiger partial charge in [0.2, 0.25) is 5.91 Å². The fourth-order valence-electron chi connectivity index (χ4n) is 5.74. The molecule has 0 spiro atoms. The average Bonchev–Trinajstić information content (AvgIpc) is 3.13. The van der Waals surface area contributed by atoms with Gasteiger partial charge < -0.3 is 19.9 Å². The molecule has 1 N–H and O–H groups in total. The van der Waals surface area contributed by atoms with E-state index in [-0.39, 0.29) is 48.4 Å². The van der Waals surface area contributed by atoms with Gasteiger partial charge in [-0.25, -0.2) is 0 Å². The standard InChI is InChI=1S/C36H36BrN3O5.ClH/c1-6-21(2)34(42)38-33-22(3)40(35(43)25-16-14-24(15-17-25)23(4)41)31-13-8-7-12-30(31)39(36(33)44)20-28-26-10-9-11-29(37)27(26)18-19-32(28)45-5;/h7-19,21-22,33H,6,20H2,1-5H3,(H,38,42);1H/t21-,22+,33+;/m1./s1. The Labute approximate surface area is 283 Å². The summed E-state index contributed by atoms with van der Waals surface area (Å²) in [4.78, 5) is 57.4. The van der Waals surface area contributed by atoms with E-state index in [2.05, 4.69) is 21.2 Å². The maximum Gasteiger partial charge on any atom is 0.258 e. The molecular weight excluding hydrogens is 670 g/mol. The van der Waals surface area contributed by atoms with Crippen LogP contribution >= 0.6 is 28.3 Å². The third-order valence-electron chi connectivity index (χ3n) is 8.58. The molecule has 0 aromatic heterocycles. The third kappa shape index (κ3) is 6.52. The summed E-state index contributed by atoms with van der Waals surface area (Å²) in [5, 5.41) is 4.86. The minimum atomic E-state index is -1.05. The second kappa shape index (κ2) is 14.5. The number of carbonyl (C=O) groups excluding carboxylic acids is 4. The molecule has 8 nitrogen and oxygen atoms in total. The van der Waals surface area contributed by atoms with Crippen LogP contribution in [0.4, 0.5) is 11.4 Å². The molecule has 4 aromatic rings. The van der Waals surface area contributed by atoms with Gasteiger partial charge in [0, 0.05) is 27.1 Å². The molecule has 0 fully saturated rings. The molecule has 0 bridgehead atoms. The summed E-state index contributed by atoms with van der Waals surface area (Å²) >= 11 is 3.64. The Morgan fingerprint density at radius 3 is 2.20 bits per heavy atom. The van der Waals surface area contributed by atoms with Crippen molar-refractivity contribution in [2.45, 2.75) is 52.7 Å². The van der Waals surface area contributed by atoms with E-state index in [1.807, 2.05) is 68.4 Å². The second-order valence-corrected chi connectivity index (χ2v) is 12.2. The monoisotopic (exact) mass is 705 g/mol. The number of amides is 3. The largest absolute Gasteiger partial charge is 0.496 e. The summed E-state index contributed by atoms with van der Waals surface area (Å²) in [7, 11) is 1.59. The number of para-hydroxylation sites is 2. The molecule has 10 heteroatoms. The van der Waals surface area contributed by atoms with Crippen molar-refractivity contribution in [1.29, 1.82) is 0 Å². The topological polar surface area (TPSA) is 96.0 Å². The Hall–Kier alpha value is -4.21. The van der Waals surface area contributed by atoms with Gasteiger partial charge in [-0.15, -0.1) is 12.4 Å². The molecule has 0 unspecified atom stereocenters. The van der Waals surface area contributed by atoms with E-state index in [0.29, 0.717) is 34.7 Å². The van der Waals surface area contributed by atoms with Crippen LogP contribution in [-0.2, 0) is 16.1 Å². The molecule has 1 heterocycles. The van der Waals surface area contributed by atoms with E-state index in [1.54, 1.807) is 48.1 Å². The highest BCUT2D eigenvalue weighted by atomic mass is 79.9. The smallest absolute Gasteiger partial charge is 0.258 e. The fourth-order valence-corrected chi connectivity index (χ4v) is 6.24. The summed E-state index contributed by atoms with van der Waals surface area (Å²) in [5.74, 6) is -0.785. The lowest BCUT2D eigenvalue weighted by molar-refractivity contribution is -0.130. The lowest BCUT2D eigenvalue weighted by Gasteiger charge is -2.32. The number of benzene rings is 4. The zero-order valence-corrected chi connectivity index (χ0v) is 28.8. The van der Waals surface area contributed by atoms with Crippen LogP contribution in [0.25, 0.3) is 10.8 Å². The van der Waals surface area contributed by atoms with Crippen molar-refractivity contribution in [2.24, 2.45) is 5.92 Å². The summed E-state index contributed by atoms with van der Waals surface area (Å²) < 4.78 is 6.69. The summed E-state index contributed by atoms with van der Waals surface area (Å²) in [6.07, 6.45) is 0.596. The average molecular weight is 707 g/mol. The summed E-state index contributed by atoms with van der Waals surface area (Å²) in [6.45, 7) is 7.10. The van der Waals surface area contributed by atoms with Crippen molar-refractivity contribution in [3.8, 4) is 5.75 Å². The first-order valence-corrected chi connectivity index (χ1v) is 15.8. The highest BCUT2D eigenvalue weighted by Gasteiger charge is 2.43. The highest BCUT2D eigenvalue weighted by molar-refractivity contribution is 9.10. The van der Waals surface area contributed by atoms with E-state index in [1.165, 1.54) is 6.92 Å². The summed E-state index contributed by atoms with van der Waals surface area (Å²) in [5.41, 5.74) is 2.69. The van der Waals surface area contributed by atoms with Gasteiger partial charge in [0.25, 0.3) is 11.8 Å². The van der Waals surface area contributed by atoms with Crippen molar-refractivity contribution >= 4 is 74.0 Å². The van der Waals surface area contributed by atoms with E-state index < -0.39 is 12.1 Å². The van der Waals surface area contributed by atoms with Crippen molar-refractivity contribution < 1.29 is 23.9 Å². The van der Waals surface area contributed by atoms with Gasteiger partial charge in [-0.1, -0.05) is 66.2 Å². The molecule has 0 radical (unpaired) electrons. The predicted octanol–water partition coefficient (Wildman–Crippen LogP) is 7.35. The third-order valence-corrected chi connectivity index (χ3v) is 9.27. The number of hydrogen-bond donors (Lipinski definition) is 1. The molecule has 5 rings (SSSR count). The lowest BCUT2D eigenvalue weighted by atomic mass is 10.0. The summed E-state index contributed by atoms with van der Waals surface area (Å²) in [6, 6.07) is 21.7. The molecule has 46 heavy (non-hydrogen) atoms. The quantitative estimate of drug-likeness (QED) is 0.194. The first kappa shape index (κ1) is 34.7. The second-order valence-electron chi connectivity index (χ2n) is 11.3. The van der Waals surface area contributed by atoms with Gasteiger partial charge in [-0.3, -0.25) is 19.2 Å². The van der Waals surface area contributed by atoms with Crippen LogP contribution < -0.4 is 19.9 Å². The Balaban J connectivity index is 0.00000480. The molecule has 0 saturated heterocycles. The molecule has 0 aliphatic carbocycles. The Morgan fingerprint density at radius 2 is 1.57 bits per heavy atom. The molecule has 3 atom stereocenters. The Morgan fingerprint density at radius 1 is 0.913 bits per heavy atom. The number of anilines is 2. The number of halogens is 2. The molecule has 4 aromatic carbocycles. The maximum atomic E-state index is 14.7. The molecule has 3 amide bonds. The van der Waals surface area contributed by atoms with Gasteiger partial charge in [0.1, 0.15) is 11.8 Å². The zero-order valence-electron chi connectivity index (χ0n) is 26.4. The van der Waals surface area contributed by atoms with Crippen LogP contribution in [0.2, 0.25) is 0 Å². The van der Waals surface area contributed by atoms with Gasteiger partial charge in [0.05, 0.1) is 31.1 Å². The number of carbonyl (C=O) groups is 4. The number of ketones is 1. The van der Waals surface area contributed by atoms with Crippen LogP contribution in [0.15, 0.2) is 83.3 Å². The van der Waals surface area contributed by atoms with Gasteiger partial charge in [-0.2, -0.15) is 0 Å². The number of hydrogen-bond acceptors (Lipinski definition) is 5. The fraction of sp³-hybridized carbons (Fsp3) is 0.278. The minimum Gasteiger partial charge on any atom is -0.496 e. The van der Waals surface area contributed by atoms with Crippen LogP contribution in [-0.4, -0.2) is 42.7 Å². The van der Waals surface area contributed by atoms with Gasteiger partial charge in [0.15, 0.2) is 5.78 Å². The maximum absolute atomic E-state index is 14.7. The van der Waals surface area contributed by atoms with E-state index in [0.717, 1.165) is 20.8 Å². The number of rotatable bonds is 8. The SMILES string of the molecule is CC[C@@H](C)C(=O)N[C@@H]1C(=O)N(Cc2c(OC)ccc3c(Br)cccc23)c2ccccc2N(C(=O)c2ccc(C(C)=O)cc2)[C@H]1C.Cl. The van der Waals surface area contributed by atoms with Crippen molar-refractivity contribution in [3.63, 3.8) is 0 Å². The first-order chi connectivity index (χ1) is 21.6. The Bertz CT molecular complexity index is 1790. The highest BCUT2D eigenvalue weighted by Crippen LogP contribution is 2.40. The number of methoxy groups -OCH3 is 1.